The zero-order valence-electron chi connectivity index (χ0n) is 8.42. The van der Waals surface area contributed by atoms with Crippen LogP contribution in [0.1, 0.15) is 10.5 Å². The summed E-state index contributed by atoms with van der Waals surface area (Å²) < 4.78 is 19.0. The van der Waals surface area contributed by atoms with Crippen LogP contribution in [0.5, 0.6) is 0 Å². The second kappa shape index (κ2) is 4.09. The van der Waals surface area contributed by atoms with Crippen LogP contribution in [0.25, 0.3) is 5.69 Å². The Hall–Kier alpha value is -2.24. The number of carbonyl (C=O) groups excluding carboxylic acids is 1. The molecule has 0 atom stereocenters. The molecule has 0 bridgehead atoms. The van der Waals surface area contributed by atoms with E-state index in [0.717, 1.165) is 11.8 Å². The summed E-state index contributed by atoms with van der Waals surface area (Å²) in [5.41, 5.74) is 0.0639. The van der Waals surface area contributed by atoms with Crippen molar-refractivity contribution in [2.75, 3.05) is 7.11 Å². The largest absolute Gasteiger partial charge is 0.464 e. The van der Waals surface area contributed by atoms with Crippen LogP contribution in [0.15, 0.2) is 30.3 Å². The second-order valence-corrected chi connectivity index (χ2v) is 2.97. The van der Waals surface area contributed by atoms with E-state index in [4.69, 9.17) is 0 Å². The van der Waals surface area contributed by atoms with Crippen molar-refractivity contribution in [1.82, 2.24) is 15.0 Å². The van der Waals surface area contributed by atoms with E-state index in [1.807, 2.05) is 0 Å². The monoisotopic (exact) mass is 221 g/mol. The molecule has 0 radical (unpaired) electrons. The van der Waals surface area contributed by atoms with Crippen molar-refractivity contribution in [2.45, 2.75) is 0 Å². The van der Waals surface area contributed by atoms with Gasteiger partial charge in [0.1, 0.15) is 0 Å². The molecule has 1 heterocycles. The van der Waals surface area contributed by atoms with Crippen LogP contribution in [0, 0.1) is 5.95 Å². The van der Waals surface area contributed by atoms with E-state index in [0.29, 0.717) is 5.69 Å². The summed E-state index contributed by atoms with van der Waals surface area (Å²) in [5.74, 6) is -1.68. The number of esters is 1. The lowest BCUT2D eigenvalue weighted by Gasteiger charge is -1.99. The van der Waals surface area contributed by atoms with E-state index in [9.17, 15) is 9.18 Å². The third-order valence-corrected chi connectivity index (χ3v) is 2.00. The molecular weight excluding hydrogens is 213 g/mol. The minimum Gasteiger partial charge on any atom is -0.464 e. The topological polar surface area (TPSA) is 57.0 Å². The average Bonchev–Trinajstić information content (AvgIpc) is 2.71. The zero-order valence-corrected chi connectivity index (χ0v) is 8.42. The summed E-state index contributed by atoms with van der Waals surface area (Å²) in [6, 6.07) is 8.56. The highest BCUT2D eigenvalue weighted by molar-refractivity contribution is 5.87. The molecule has 0 N–H and O–H groups in total. The second-order valence-electron chi connectivity index (χ2n) is 2.97. The SMILES string of the molecule is COC(=O)c1nnn(-c2ccccc2)c1F. The maximum Gasteiger partial charge on any atom is 0.363 e. The highest BCUT2D eigenvalue weighted by atomic mass is 19.1. The first kappa shape index (κ1) is 10.3. The van der Waals surface area contributed by atoms with Gasteiger partial charge in [0, 0.05) is 0 Å². The van der Waals surface area contributed by atoms with Crippen LogP contribution in [-0.4, -0.2) is 28.1 Å². The highest BCUT2D eigenvalue weighted by Crippen LogP contribution is 2.11. The lowest BCUT2D eigenvalue weighted by atomic mass is 10.3. The van der Waals surface area contributed by atoms with Crippen molar-refractivity contribution in [3.8, 4) is 5.69 Å². The van der Waals surface area contributed by atoms with Gasteiger partial charge in [-0.3, -0.25) is 0 Å². The molecule has 0 amide bonds. The van der Waals surface area contributed by atoms with Crippen LogP contribution < -0.4 is 0 Å². The summed E-state index contributed by atoms with van der Waals surface area (Å²) >= 11 is 0. The molecule has 0 spiro atoms. The number of carbonyl (C=O) groups is 1. The predicted molar refractivity (Wildman–Crippen MR) is 52.7 cm³/mol. The van der Waals surface area contributed by atoms with Crippen molar-refractivity contribution in [3.05, 3.63) is 42.0 Å². The molecule has 0 aliphatic rings. The molecule has 0 saturated heterocycles. The van der Waals surface area contributed by atoms with E-state index in [1.54, 1.807) is 30.3 Å². The van der Waals surface area contributed by atoms with Gasteiger partial charge in [-0.1, -0.05) is 23.4 Å². The van der Waals surface area contributed by atoms with Gasteiger partial charge in [-0.2, -0.15) is 9.07 Å². The molecule has 82 valence electrons. The molecule has 0 saturated carbocycles. The van der Waals surface area contributed by atoms with Gasteiger partial charge in [0.2, 0.25) is 5.69 Å². The third kappa shape index (κ3) is 1.65. The van der Waals surface area contributed by atoms with Gasteiger partial charge in [0.25, 0.3) is 5.95 Å². The van der Waals surface area contributed by atoms with Crippen LogP contribution in [0.4, 0.5) is 4.39 Å². The highest BCUT2D eigenvalue weighted by Gasteiger charge is 2.20. The summed E-state index contributed by atoms with van der Waals surface area (Å²) in [6.07, 6.45) is 0. The Morgan fingerprint density at radius 1 is 1.38 bits per heavy atom. The molecule has 0 unspecified atom stereocenters. The number of hydrogen-bond acceptors (Lipinski definition) is 4. The van der Waals surface area contributed by atoms with Crippen LogP contribution >= 0.6 is 0 Å². The number of para-hydroxylation sites is 1. The Kier molecular flexibility index (Phi) is 2.63. The molecule has 6 heteroatoms. The minimum absolute atomic E-state index is 0.425. The molecule has 1 aromatic heterocycles. The Labute approximate surface area is 90.5 Å². The Bertz CT molecular complexity index is 510. The number of nitrogens with zero attached hydrogens (tertiary/aromatic N) is 3. The van der Waals surface area contributed by atoms with E-state index < -0.39 is 17.6 Å². The maximum atomic E-state index is 13.7. The predicted octanol–water partition coefficient (Wildman–Crippen LogP) is 1.19. The summed E-state index contributed by atoms with van der Waals surface area (Å²) in [7, 11) is 1.16. The van der Waals surface area contributed by atoms with Gasteiger partial charge < -0.3 is 4.74 Å². The number of aromatic nitrogens is 3. The summed E-state index contributed by atoms with van der Waals surface area (Å²) in [4.78, 5) is 11.1. The van der Waals surface area contributed by atoms with Gasteiger partial charge >= 0.3 is 5.97 Å². The number of ether oxygens (including phenoxy) is 1. The Morgan fingerprint density at radius 3 is 2.69 bits per heavy atom. The molecule has 16 heavy (non-hydrogen) atoms. The summed E-state index contributed by atoms with van der Waals surface area (Å²) in [5, 5.41) is 6.97. The van der Waals surface area contributed by atoms with E-state index >= 15 is 0 Å². The van der Waals surface area contributed by atoms with Gasteiger partial charge in [-0.05, 0) is 12.1 Å². The first-order valence-electron chi connectivity index (χ1n) is 4.49. The van der Waals surface area contributed by atoms with Crippen molar-refractivity contribution in [1.29, 1.82) is 0 Å². The number of benzene rings is 1. The lowest BCUT2D eigenvalue weighted by molar-refractivity contribution is 0.0588. The number of methoxy groups -OCH3 is 1. The Balaban J connectivity index is 2.45. The number of hydrogen-bond donors (Lipinski definition) is 0. The maximum absolute atomic E-state index is 13.7. The summed E-state index contributed by atoms with van der Waals surface area (Å²) in [6.45, 7) is 0. The number of rotatable bonds is 2. The average molecular weight is 221 g/mol. The van der Waals surface area contributed by atoms with Crippen molar-refractivity contribution in [2.24, 2.45) is 0 Å². The minimum atomic E-state index is -0.848. The van der Waals surface area contributed by atoms with E-state index in [1.165, 1.54) is 0 Å². The molecular formula is C10H8FN3O2. The fraction of sp³-hybridized carbons (Fsp3) is 0.100. The molecule has 2 aromatic rings. The molecule has 0 aliphatic carbocycles. The van der Waals surface area contributed by atoms with Crippen molar-refractivity contribution < 1.29 is 13.9 Å². The number of halogens is 1. The van der Waals surface area contributed by atoms with E-state index in [-0.39, 0.29) is 0 Å². The smallest absolute Gasteiger partial charge is 0.363 e. The van der Waals surface area contributed by atoms with Crippen LogP contribution in [0.2, 0.25) is 0 Å². The molecule has 2 rings (SSSR count). The van der Waals surface area contributed by atoms with Gasteiger partial charge in [-0.25, -0.2) is 4.79 Å². The normalized spacial score (nSPS) is 10.1. The zero-order chi connectivity index (χ0) is 11.5. The standard InChI is InChI=1S/C10H8FN3O2/c1-16-10(15)8-9(11)14(13-12-8)7-5-3-2-4-6-7/h2-6H,1H3. The fourth-order valence-corrected chi connectivity index (χ4v) is 1.23. The van der Waals surface area contributed by atoms with Crippen molar-refractivity contribution >= 4 is 5.97 Å². The van der Waals surface area contributed by atoms with Crippen LogP contribution in [-0.2, 0) is 4.74 Å². The first-order valence-corrected chi connectivity index (χ1v) is 4.49. The van der Waals surface area contributed by atoms with Gasteiger partial charge in [0.15, 0.2) is 0 Å². The lowest BCUT2D eigenvalue weighted by Crippen LogP contribution is -2.06. The first-order chi connectivity index (χ1) is 7.74. The van der Waals surface area contributed by atoms with Crippen molar-refractivity contribution in [3.63, 3.8) is 0 Å². The molecule has 5 nitrogen and oxygen atoms in total. The molecule has 0 aliphatic heterocycles. The van der Waals surface area contributed by atoms with Gasteiger partial charge in [-0.15, -0.1) is 5.10 Å². The fourth-order valence-electron chi connectivity index (χ4n) is 1.23. The van der Waals surface area contributed by atoms with E-state index in [2.05, 4.69) is 15.0 Å². The molecule has 0 fully saturated rings. The quantitative estimate of drug-likeness (QED) is 0.715. The van der Waals surface area contributed by atoms with Crippen LogP contribution in [0.3, 0.4) is 0 Å². The van der Waals surface area contributed by atoms with Gasteiger partial charge in [0.05, 0.1) is 12.8 Å². The third-order valence-electron chi connectivity index (χ3n) is 2.00. The Morgan fingerprint density at radius 2 is 2.06 bits per heavy atom. The molecule has 1 aromatic carbocycles.